The molecule has 0 spiro atoms. The Morgan fingerprint density at radius 2 is 2.05 bits per heavy atom. The predicted molar refractivity (Wildman–Crippen MR) is 73.6 cm³/mol. The fraction of sp³-hybridized carbons (Fsp3) is 0.538. The van der Waals surface area contributed by atoms with Crippen LogP contribution in [-0.4, -0.2) is 33.3 Å². The zero-order chi connectivity index (χ0) is 14.3. The molecule has 0 aliphatic heterocycles. The van der Waals surface area contributed by atoms with Crippen molar-refractivity contribution < 1.29 is 18.3 Å². The van der Waals surface area contributed by atoms with Crippen molar-refractivity contribution in [3.63, 3.8) is 0 Å². The van der Waals surface area contributed by atoms with Crippen LogP contribution in [0, 0.1) is 5.92 Å². The molecule has 1 rings (SSSR count). The van der Waals surface area contributed by atoms with E-state index >= 15 is 0 Å². The fourth-order valence-corrected chi connectivity index (χ4v) is 2.46. The lowest BCUT2D eigenvalue weighted by Crippen LogP contribution is -2.27. The Hall–Kier alpha value is -1.11. The first-order chi connectivity index (χ1) is 8.92. The van der Waals surface area contributed by atoms with Gasteiger partial charge in [-0.25, -0.2) is 13.1 Å². The second-order valence-corrected chi connectivity index (χ2v) is 6.46. The Labute approximate surface area is 114 Å². The van der Waals surface area contributed by atoms with E-state index in [0.29, 0.717) is 19.1 Å². The van der Waals surface area contributed by atoms with E-state index in [9.17, 15) is 13.5 Å². The summed E-state index contributed by atoms with van der Waals surface area (Å²) in [5, 5.41) is 9.25. The predicted octanol–water partition coefficient (Wildman–Crippen LogP) is 1.73. The smallest absolute Gasteiger partial charge is 0.240 e. The van der Waals surface area contributed by atoms with Gasteiger partial charge in [0.05, 0.1) is 11.5 Å². The van der Waals surface area contributed by atoms with Crippen LogP contribution in [-0.2, 0) is 14.8 Å². The normalized spacial score (nSPS) is 11.9. The Kier molecular flexibility index (Phi) is 6.27. The summed E-state index contributed by atoms with van der Waals surface area (Å²) in [7, 11) is -3.58. The molecular formula is C13H21NO4S. The highest BCUT2D eigenvalue weighted by atomic mass is 32.2. The van der Waals surface area contributed by atoms with Crippen LogP contribution < -0.4 is 4.72 Å². The molecule has 1 aromatic carbocycles. The lowest BCUT2D eigenvalue weighted by molar-refractivity contribution is 0.128. The summed E-state index contributed by atoms with van der Waals surface area (Å²) in [6, 6.07) is 5.56. The van der Waals surface area contributed by atoms with E-state index in [1.807, 2.05) is 0 Å². The molecule has 0 fully saturated rings. The van der Waals surface area contributed by atoms with Crippen molar-refractivity contribution >= 4 is 10.0 Å². The maximum Gasteiger partial charge on any atom is 0.240 e. The van der Waals surface area contributed by atoms with Gasteiger partial charge in [-0.1, -0.05) is 19.9 Å². The van der Waals surface area contributed by atoms with E-state index in [2.05, 4.69) is 18.6 Å². The molecule has 0 saturated carbocycles. The molecule has 0 aromatic heterocycles. The van der Waals surface area contributed by atoms with Gasteiger partial charge >= 0.3 is 0 Å². The largest absolute Gasteiger partial charge is 0.508 e. The van der Waals surface area contributed by atoms with Crippen molar-refractivity contribution in [2.45, 2.75) is 25.2 Å². The Bertz CT molecular complexity index is 485. The zero-order valence-electron chi connectivity index (χ0n) is 11.3. The van der Waals surface area contributed by atoms with Crippen molar-refractivity contribution in [2.24, 2.45) is 5.92 Å². The number of phenolic OH excluding ortho intramolecular Hbond substituents is 1. The van der Waals surface area contributed by atoms with E-state index in [1.165, 1.54) is 24.3 Å². The van der Waals surface area contributed by atoms with Crippen molar-refractivity contribution in [1.29, 1.82) is 0 Å². The minimum Gasteiger partial charge on any atom is -0.508 e. The maximum absolute atomic E-state index is 11.8. The first-order valence-electron chi connectivity index (χ1n) is 6.28. The number of nitrogens with one attached hydrogen (secondary N) is 1. The van der Waals surface area contributed by atoms with Crippen LogP contribution >= 0.6 is 0 Å². The molecule has 5 nitrogen and oxygen atoms in total. The molecule has 1 aromatic rings. The molecule has 0 aliphatic carbocycles. The van der Waals surface area contributed by atoms with E-state index < -0.39 is 10.0 Å². The molecule has 108 valence electrons. The standard InChI is InChI=1S/C13H21NO4S/c1-11(2)6-8-18-9-7-14-19(16,17)13-5-3-4-12(15)10-13/h3-5,10-11,14-15H,6-9H2,1-2H3. The van der Waals surface area contributed by atoms with Gasteiger partial charge in [-0.3, -0.25) is 0 Å². The van der Waals surface area contributed by atoms with Gasteiger partial charge in [0.15, 0.2) is 0 Å². The van der Waals surface area contributed by atoms with Crippen LogP contribution in [0.15, 0.2) is 29.2 Å². The van der Waals surface area contributed by atoms with Crippen LogP contribution in [0.4, 0.5) is 0 Å². The molecule has 6 heteroatoms. The van der Waals surface area contributed by atoms with Gasteiger partial charge in [0.25, 0.3) is 0 Å². The number of sulfonamides is 1. The Balaban J connectivity index is 2.36. The minimum absolute atomic E-state index is 0.0506. The average Bonchev–Trinajstić information content (AvgIpc) is 2.33. The molecule has 2 N–H and O–H groups in total. The quantitative estimate of drug-likeness (QED) is 0.714. The summed E-state index contributed by atoms with van der Waals surface area (Å²) in [6.07, 6.45) is 0.958. The molecule has 0 radical (unpaired) electrons. The number of hydrogen-bond acceptors (Lipinski definition) is 4. The lowest BCUT2D eigenvalue weighted by Gasteiger charge is -2.08. The van der Waals surface area contributed by atoms with Crippen molar-refractivity contribution in [2.75, 3.05) is 19.8 Å². The topological polar surface area (TPSA) is 75.6 Å². The van der Waals surface area contributed by atoms with Gasteiger partial charge in [0.1, 0.15) is 5.75 Å². The molecule has 0 saturated heterocycles. The Morgan fingerprint density at radius 3 is 2.68 bits per heavy atom. The van der Waals surface area contributed by atoms with Crippen LogP contribution in [0.3, 0.4) is 0 Å². The summed E-state index contributed by atoms with van der Waals surface area (Å²) in [6.45, 7) is 5.40. The number of hydrogen-bond donors (Lipinski definition) is 2. The highest BCUT2D eigenvalue weighted by Gasteiger charge is 2.13. The number of aromatic hydroxyl groups is 1. The molecule has 0 heterocycles. The third kappa shape index (κ3) is 6.04. The van der Waals surface area contributed by atoms with Crippen LogP contribution in [0.1, 0.15) is 20.3 Å². The molecule has 0 amide bonds. The van der Waals surface area contributed by atoms with Crippen LogP contribution in [0.25, 0.3) is 0 Å². The number of rotatable bonds is 8. The average molecular weight is 287 g/mol. The first-order valence-corrected chi connectivity index (χ1v) is 7.76. The van der Waals surface area contributed by atoms with Crippen LogP contribution in [0.2, 0.25) is 0 Å². The highest BCUT2D eigenvalue weighted by Crippen LogP contribution is 2.15. The highest BCUT2D eigenvalue weighted by molar-refractivity contribution is 7.89. The van der Waals surface area contributed by atoms with E-state index in [-0.39, 0.29) is 17.2 Å². The fourth-order valence-electron chi connectivity index (χ4n) is 1.40. The molecular weight excluding hydrogens is 266 g/mol. The van der Waals surface area contributed by atoms with Gasteiger partial charge in [0, 0.05) is 13.2 Å². The summed E-state index contributed by atoms with van der Waals surface area (Å²) >= 11 is 0. The van der Waals surface area contributed by atoms with Crippen molar-refractivity contribution in [1.82, 2.24) is 4.72 Å². The van der Waals surface area contributed by atoms with Gasteiger partial charge in [-0.05, 0) is 30.5 Å². The van der Waals surface area contributed by atoms with Gasteiger partial charge < -0.3 is 9.84 Å². The molecule has 19 heavy (non-hydrogen) atoms. The van der Waals surface area contributed by atoms with E-state index in [1.54, 1.807) is 0 Å². The minimum atomic E-state index is -3.58. The third-order valence-corrected chi connectivity index (χ3v) is 3.96. The SMILES string of the molecule is CC(C)CCOCCNS(=O)(=O)c1cccc(O)c1. The monoisotopic (exact) mass is 287 g/mol. The summed E-state index contributed by atoms with van der Waals surface area (Å²) in [4.78, 5) is 0.0506. The number of ether oxygens (including phenoxy) is 1. The Morgan fingerprint density at radius 1 is 1.32 bits per heavy atom. The lowest BCUT2D eigenvalue weighted by atomic mass is 10.1. The first kappa shape index (κ1) is 15.9. The summed E-state index contributed by atoms with van der Waals surface area (Å²) < 4.78 is 31.4. The van der Waals surface area contributed by atoms with Crippen molar-refractivity contribution in [3.8, 4) is 5.75 Å². The molecule has 0 bridgehead atoms. The van der Waals surface area contributed by atoms with E-state index in [0.717, 1.165) is 6.42 Å². The second kappa shape index (κ2) is 7.47. The van der Waals surface area contributed by atoms with Gasteiger partial charge in [0.2, 0.25) is 10.0 Å². The third-order valence-electron chi connectivity index (χ3n) is 2.51. The molecule has 0 atom stereocenters. The van der Waals surface area contributed by atoms with Gasteiger partial charge in [-0.2, -0.15) is 0 Å². The van der Waals surface area contributed by atoms with Crippen molar-refractivity contribution in [3.05, 3.63) is 24.3 Å². The zero-order valence-corrected chi connectivity index (χ0v) is 12.1. The maximum atomic E-state index is 11.8. The van der Waals surface area contributed by atoms with Gasteiger partial charge in [-0.15, -0.1) is 0 Å². The molecule has 0 aliphatic rings. The second-order valence-electron chi connectivity index (χ2n) is 4.69. The number of benzene rings is 1. The summed E-state index contributed by atoms with van der Waals surface area (Å²) in [5.74, 6) is 0.500. The summed E-state index contributed by atoms with van der Waals surface area (Å²) in [5.41, 5.74) is 0. The van der Waals surface area contributed by atoms with E-state index in [4.69, 9.17) is 4.74 Å². The number of phenols is 1. The molecule has 0 unspecified atom stereocenters. The van der Waals surface area contributed by atoms with Crippen LogP contribution in [0.5, 0.6) is 5.75 Å².